The Morgan fingerprint density at radius 1 is 0.931 bits per heavy atom. The first kappa shape index (κ1) is 18.4. The van der Waals surface area contributed by atoms with Crippen LogP contribution in [0.4, 0.5) is 0 Å². The van der Waals surface area contributed by atoms with Gasteiger partial charge in [0, 0.05) is 18.4 Å². The molecule has 2 saturated heterocycles. The predicted molar refractivity (Wildman–Crippen MR) is 105 cm³/mol. The second-order valence-electron chi connectivity index (χ2n) is 11.5. The van der Waals surface area contributed by atoms with Gasteiger partial charge in [0.25, 0.3) is 0 Å². The molecule has 0 radical (unpaired) electrons. The molecule has 8 aliphatic rings. The van der Waals surface area contributed by atoms with Crippen molar-refractivity contribution in [1.29, 1.82) is 0 Å². The molecule has 6 saturated carbocycles. The molecule has 2 heterocycles. The number of esters is 2. The lowest BCUT2D eigenvalue weighted by Crippen LogP contribution is -2.64. The summed E-state index contributed by atoms with van der Waals surface area (Å²) >= 11 is 0. The van der Waals surface area contributed by atoms with Crippen LogP contribution >= 0.6 is 0 Å². The quantitative estimate of drug-likeness (QED) is 0.525. The Bertz CT molecular complexity index is 772. The second-order valence-corrected chi connectivity index (χ2v) is 11.5. The first-order valence-corrected chi connectivity index (χ1v) is 11.5. The highest BCUT2D eigenvalue weighted by Gasteiger charge is 2.64. The molecular formula is C24H32O5. The molecule has 6 unspecified atom stereocenters. The summed E-state index contributed by atoms with van der Waals surface area (Å²) in [5, 5.41) is 0. The molecule has 8 rings (SSSR count). The molecule has 158 valence electrons. The van der Waals surface area contributed by atoms with E-state index < -0.39 is 0 Å². The number of carbonyl (C=O) groups is 2. The second kappa shape index (κ2) is 5.87. The van der Waals surface area contributed by atoms with Gasteiger partial charge in [-0.3, -0.25) is 4.79 Å². The Labute approximate surface area is 172 Å². The van der Waals surface area contributed by atoms with Gasteiger partial charge in [0.15, 0.2) is 0 Å². The number of rotatable bonds is 4. The zero-order chi connectivity index (χ0) is 20.0. The lowest BCUT2D eigenvalue weighted by atomic mass is 9.51. The van der Waals surface area contributed by atoms with E-state index in [-0.39, 0.29) is 40.8 Å². The van der Waals surface area contributed by atoms with Crippen LogP contribution in [-0.4, -0.2) is 34.8 Å². The highest BCUT2D eigenvalue weighted by atomic mass is 16.6. The van der Waals surface area contributed by atoms with E-state index >= 15 is 0 Å². The summed E-state index contributed by atoms with van der Waals surface area (Å²) in [6.45, 7) is 5.51. The minimum Gasteiger partial charge on any atom is -0.462 e. The fourth-order valence-electron chi connectivity index (χ4n) is 8.58. The van der Waals surface area contributed by atoms with Crippen LogP contribution in [0.5, 0.6) is 0 Å². The van der Waals surface area contributed by atoms with Gasteiger partial charge in [-0.1, -0.05) is 6.58 Å². The lowest BCUT2D eigenvalue weighted by Gasteiger charge is -2.63. The zero-order valence-corrected chi connectivity index (χ0v) is 17.4. The van der Waals surface area contributed by atoms with Crippen molar-refractivity contribution in [3.63, 3.8) is 0 Å². The number of carbonyl (C=O) groups excluding carboxylic acids is 2. The fraction of sp³-hybridized carbons (Fsp3) is 0.833. The van der Waals surface area contributed by atoms with Crippen molar-refractivity contribution in [3.05, 3.63) is 12.2 Å². The molecule has 0 aromatic heterocycles. The van der Waals surface area contributed by atoms with E-state index in [0.717, 1.165) is 64.2 Å². The molecule has 29 heavy (non-hydrogen) atoms. The Hall–Kier alpha value is -1.36. The van der Waals surface area contributed by atoms with Gasteiger partial charge < -0.3 is 14.2 Å². The number of hydrogen-bond donors (Lipinski definition) is 0. The third-order valence-corrected chi connectivity index (χ3v) is 8.75. The number of ether oxygens (including phenoxy) is 3. The maximum atomic E-state index is 12.5. The highest BCUT2D eigenvalue weighted by molar-refractivity contribution is 5.87. The van der Waals surface area contributed by atoms with Crippen LogP contribution in [0.3, 0.4) is 0 Å². The standard InChI is InChI=1S/C24H32O5/c1-14(2)20(25)28-23-7-16-3-17(8-23)10-24(9-16,13-23)29-22-6-15-4-18(11-22)21(26)27-19(5-15)12-22/h15-19H,1,3-13H2,2H3. The van der Waals surface area contributed by atoms with Gasteiger partial charge in [-0.15, -0.1) is 0 Å². The van der Waals surface area contributed by atoms with Crippen molar-refractivity contribution in [2.24, 2.45) is 23.7 Å². The molecule has 0 aromatic carbocycles. The van der Waals surface area contributed by atoms with Crippen LogP contribution < -0.4 is 0 Å². The van der Waals surface area contributed by atoms with E-state index in [1.54, 1.807) is 6.92 Å². The SMILES string of the molecule is C=C(C)C(=O)OC12CC3CC(C1)CC(OC14CC5CC(C1)OC(=O)C(C5)C4)(C3)C2. The monoisotopic (exact) mass is 400 g/mol. The van der Waals surface area contributed by atoms with Gasteiger partial charge in [0.2, 0.25) is 0 Å². The average Bonchev–Trinajstić information content (AvgIpc) is 2.73. The van der Waals surface area contributed by atoms with Crippen LogP contribution in [0.2, 0.25) is 0 Å². The van der Waals surface area contributed by atoms with Gasteiger partial charge >= 0.3 is 11.9 Å². The maximum Gasteiger partial charge on any atom is 0.333 e. The Morgan fingerprint density at radius 2 is 1.62 bits per heavy atom. The largest absolute Gasteiger partial charge is 0.462 e. The van der Waals surface area contributed by atoms with E-state index in [0.29, 0.717) is 23.3 Å². The topological polar surface area (TPSA) is 61.8 Å². The summed E-state index contributed by atoms with van der Waals surface area (Å²) < 4.78 is 19.1. The van der Waals surface area contributed by atoms with Crippen LogP contribution in [-0.2, 0) is 23.8 Å². The molecule has 2 aliphatic heterocycles. The Kier molecular flexibility index (Phi) is 3.72. The summed E-state index contributed by atoms with van der Waals surface area (Å²) in [6.07, 6.45) is 10.9. The summed E-state index contributed by atoms with van der Waals surface area (Å²) in [7, 11) is 0. The summed E-state index contributed by atoms with van der Waals surface area (Å²) in [6, 6.07) is 0. The van der Waals surface area contributed by atoms with Crippen LogP contribution in [0, 0.1) is 23.7 Å². The first-order chi connectivity index (χ1) is 13.8. The van der Waals surface area contributed by atoms with Gasteiger partial charge in [-0.05, 0) is 82.5 Å². The van der Waals surface area contributed by atoms with Crippen molar-refractivity contribution in [2.75, 3.05) is 0 Å². The van der Waals surface area contributed by atoms with Crippen molar-refractivity contribution < 1.29 is 23.8 Å². The molecule has 0 spiro atoms. The minimum atomic E-state index is -0.384. The summed E-state index contributed by atoms with van der Waals surface area (Å²) in [5.41, 5.74) is -0.344. The smallest absolute Gasteiger partial charge is 0.333 e. The lowest BCUT2D eigenvalue weighted by molar-refractivity contribution is -0.280. The molecular weight excluding hydrogens is 368 g/mol. The van der Waals surface area contributed by atoms with Crippen molar-refractivity contribution in [2.45, 2.75) is 100 Å². The molecule has 8 fully saturated rings. The van der Waals surface area contributed by atoms with Crippen LogP contribution in [0.1, 0.15) is 77.6 Å². The van der Waals surface area contributed by atoms with Gasteiger partial charge in [0.05, 0.1) is 17.1 Å². The molecule has 0 N–H and O–H groups in total. The van der Waals surface area contributed by atoms with E-state index in [9.17, 15) is 9.59 Å². The third kappa shape index (κ3) is 2.90. The maximum absolute atomic E-state index is 12.5. The third-order valence-electron chi connectivity index (χ3n) is 8.75. The van der Waals surface area contributed by atoms with Gasteiger partial charge in [0.1, 0.15) is 11.7 Å². The van der Waals surface area contributed by atoms with E-state index in [4.69, 9.17) is 14.2 Å². The van der Waals surface area contributed by atoms with E-state index in [2.05, 4.69) is 6.58 Å². The minimum absolute atomic E-state index is 0.0000422. The molecule has 5 heteroatoms. The number of hydrogen-bond acceptors (Lipinski definition) is 5. The normalized spacial score (nSPS) is 51.6. The van der Waals surface area contributed by atoms with Gasteiger partial charge in [-0.25, -0.2) is 4.79 Å². The van der Waals surface area contributed by atoms with Crippen LogP contribution in [0.15, 0.2) is 12.2 Å². The molecule has 0 amide bonds. The van der Waals surface area contributed by atoms with E-state index in [1.165, 1.54) is 6.42 Å². The zero-order valence-electron chi connectivity index (χ0n) is 17.4. The molecule has 5 nitrogen and oxygen atoms in total. The Balaban J connectivity index is 1.30. The fourth-order valence-corrected chi connectivity index (χ4v) is 8.58. The number of fused-ring (bicyclic) bond motifs is 1. The molecule has 0 aromatic rings. The van der Waals surface area contributed by atoms with Gasteiger partial charge in [-0.2, -0.15) is 0 Å². The Morgan fingerprint density at radius 3 is 2.34 bits per heavy atom. The van der Waals surface area contributed by atoms with Crippen molar-refractivity contribution in [3.8, 4) is 0 Å². The molecule has 8 bridgehead atoms. The predicted octanol–water partition coefficient (Wildman–Crippen LogP) is 4.09. The molecule has 6 atom stereocenters. The summed E-state index contributed by atoms with van der Waals surface area (Å²) in [4.78, 5) is 24.9. The van der Waals surface area contributed by atoms with Crippen molar-refractivity contribution in [1.82, 2.24) is 0 Å². The van der Waals surface area contributed by atoms with E-state index in [1.807, 2.05) is 0 Å². The average molecular weight is 401 g/mol. The van der Waals surface area contributed by atoms with Crippen molar-refractivity contribution >= 4 is 11.9 Å². The highest BCUT2D eigenvalue weighted by Crippen LogP contribution is 2.63. The first-order valence-electron chi connectivity index (χ1n) is 11.5. The van der Waals surface area contributed by atoms with Crippen LogP contribution in [0.25, 0.3) is 0 Å². The molecule has 6 aliphatic carbocycles. The summed E-state index contributed by atoms with van der Waals surface area (Å²) in [5.74, 6) is 1.44.